The van der Waals surface area contributed by atoms with Crippen LogP contribution in [0, 0.1) is 5.92 Å². The molecular weight excluding hydrogens is 194 g/mol. The SMILES string of the molecule is COCC(C)NC(=O)CN1CC(CN)C1. The molecule has 1 saturated heterocycles. The molecule has 88 valence electrons. The molecule has 0 radical (unpaired) electrons. The molecule has 1 rings (SSSR count). The molecular formula is C10H21N3O2. The number of carbonyl (C=O) groups excluding carboxylic acids is 1. The molecule has 5 heteroatoms. The average molecular weight is 215 g/mol. The highest BCUT2D eigenvalue weighted by molar-refractivity contribution is 5.78. The quantitative estimate of drug-likeness (QED) is 0.598. The normalized spacial score (nSPS) is 19.7. The maximum absolute atomic E-state index is 11.5. The van der Waals surface area contributed by atoms with E-state index in [0.29, 0.717) is 19.1 Å². The van der Waals surface area contributed by atoms with E-state index in [-0.39, 0.29) is 11.9 Å². The molecule has 0 spiro atoms. The first-order chi connectivity index (χ1) is 7.15. The summed E-state index contributed by atoms with van der Waals surface area (Å²) in [6.45, 7) is 5.57. The summed E-state index contributed by atoms with van der Waals surface area (Å²) in [6.07, 6.45) is 0. The Hall–Kier alpha value is -0.650. The highest BCUT2D eigenvalue weighted by Gasteiger charge is 2.26. The molecule has 0 aromatic carbocycles. The third-order valence-corrected chi connectivity index (χ3v) is 2.56. The average Bonchev–Trinajstić information content (AvgIpc) is 2.10. The van der Waals surface area contributed by atoms with Crippen molar-refractivity contribution < 1.29 is 9.53 Å². The number of likely N-dealkylation sites (tertiary alicyclic amines) is 1. The van der Waals surface area contributed by atoms with Gasteiger partial charge in [-0.1, -0.05) is 0 Å². The van der Waals surface area contributed by atoms with Crippen LogP contribution in [0.3, 0.4) is 0 Å². The van der Waals surface area contributed by atoms with Crippen LogP contribution in [0.25, 0.3) is 0 Å². The van der Waals surface area contributed by atoms with E-state index in [2.05, 4.69) is 10.2 Å². The van der Waals surface area contributed by atoms with Crippen molar-refractivity contribution in [2.24, 2.45) is 11.7 Å². The summed E-state index contributed by atoms with van der Waals surface area (Å²) < 4.78 is 4.94. The van der Waals surface area contributed by atoms with Gasteiger partial charge >= 0.3 is 0 Å². The highest BCUT2D eigenvalue weighted by Crippen LogP contribution is 2.12. The molecule has 1 fully saturated rings. The van der Waals surface area contributed by atoms with E-state index in [1.165, 1.54) is 0 Å². The number of carbonyl (C=O) groups is 1. The maximum Gasteiger partial charge on any atom is 0.234 e. The lowest BCUT2D eigenvalue weighted by molar-refractivity contribution is -0.124. The molecule has 1 aliphatic rings. The zero-order chi connectivity index (χ0) is 11.3. The molecule has 1 amide bonds. The number of ether oxygens (including phenoxy) is 1. The van der Waals surface area contributed by atoms with Gasteiger partial charge in [-0.2, -0.15) is 0 Å². The molecule has 1 heterocycles. The van der Waals surface area contributed by atoms with Gasteiger partial charge in [-0.3, -0.25) is 9.69 Å². The number of amides is 1. The monoisotopic (exact) mass is 215 g/mol. The van der Waals surface area contributed by atoms with Gasteiger partial charge in [-0.15, -0.1) is 0 Å². The van der Waals surface area contributed by atoms with Crippen molar-refractivity contribution in [2.45, 2.75) is 13.0 Å². The minimum atomic E-state index is 0.0648. The van der Waals surface area contributed by atoms with Crippen LogP contribution in [0.1, 0.15) is 6.92 Å². The van der Waals surface area contributed by atoms with E-state index in [9.17, 15) is 4.79 Å². The summed E-state index contributed by atoms with van der Waals surface area (Å²) in [4.78, 5) is 13.6. The number of rotatable bonds is 6. The second-order valence-electron chi connectivity index (χ2n) is 4.22. The van der Waals surface area contributed by atoms with Crippen LogP contribution in [0.4, 0.5) is 0 Å². The van der Waals surface area contributed by atoms with Crippen molar-refractivity contribution in [1.29, 1.82) is 0 Å². The second kappa shape index (κ2) is 6.05. The predicted octanol–water partition coefficient (Wildman–Crippen LogP) is -0.972. The number of nitrogens with zero attached hydrogens (tertiary/aromatic N) is 1. The number of nitrogens with two attached hydrogens (primary N) is 1. The zero-order valence-corrected chi connectivity index (χ0v) is 9.53. The standard InChI is InChI=1S/C10H21N3O2/c1-8(7-15-2)12-10(14)6-13-4-9(3-11)5-13/h8-9H,3-7,11H2,1-2H3,(H,12,14). The van der Waals surface area contributed by atoms with Crippen LogP contribution >= 0.6 is 0 Å². The molecule has 1 aliphatic heterocycles. The van der Waals surface area contributed by atoms with Crippen LogP contribution in [0.15, 0.2) is 0 Å². The van der Waals surface area contributed by atoms with E-state index < -0.39 is 0 Å². The van der Waals surface area contributed by atoms with Gasteiger partial charge in [-0.25, -0.2) is 0 Å². The summed E-state index contributed by atoms with van der Waals surface area (Å²) in [5, 5.41) is 2.88. The molecule has 0 aliphatic carbocycles. The van der Waals surface area contributed by atoms with Gasteiger partial charge in [0, 0.05) is 26.2 Å². The molecule has 3 N–H and O–H groups in total. The summed E-state index contributed by atoms with van der Waals surface area (Å²) in [7, 11) is 1.63. The lowest BCUT2D eigenvalue weighted by Gasteiger charge is -2.38. The van der Waals surface area contributed by atoms with Gasteiger partial charge < -0.3 is 15.8 Å². The largest absolute Gasteiger partial charge is 0.383 e. The molecule has 5 nitrogen and oxygen atoms in total. The Labute approximate surface area is 90.9 Å². The fourth-order valence-electron chi connectivity index (χ4n) is 1.77. The lowest BCUT2D eigenvalue weighted by atomic mass is 10.0. The Bertz CT molecular complexity index is 205. The van der Waals surface area contributed by atoms with E-state index in [4.69, 9.17) is 10.5 Å². The third kappa shape index (κ3) is 4.15. The molecule has 1 atom stereocenters. The predicted molar refractivity (Wildman–Crippen MR) is 58.5 cm³/mol. The van der Waals surface area contributed by atoms with Crippen LogP contribution in [0.5, 0.6) is 0 Å². The van der Waals surface area contributed by atoms with Crippen LogP contribution < -0.4 is 11.1 Å². The molecule has 0 aromatic rings. The van der Waals surface area contributed by atoms with Crippen LogP contribution in [-0.4, -0.2) is 56.7 Å². The minimum Gasteiger partial charge on any atom is -0.383 e. The Morgan fingerprint density at radius 2 is 2.33 bits per heavy atom. The first-order valence-electron chi connectivity index (χ1n) is 5.36. The number of hydrogen-bond donors (Lipinski definition) is 2. The third-order valence-electron chi connectivity index (χ3n) is 2.56. The van der Waals surface area contributed by atoms with Crippen molar-refractivity contribution >= 4 is 5.91 Å². The topological polar surface area (TPSA) is 67.6 Å². The first kappa shape index (κ1) is 12.4. The van der Waals surface area contributed by atoms with Crippen molar-refractivity contribution in [3.8, 4) is 0 Å². The van der Waals surface area contributed by atoms with Gasteiger partial charge in [0.1, 0.15) is 0 Å². The smallest absolute Gasteiger partial charge is 0.234 e. The second-order valence-corrected chi connectivity index (χ2v) is 4.22. The van der Waals surface area contributed by atoms with E-state index >= 15 is 0 Å². The molecule has 0 bridgehead atoms. The highest BCUT2D eigenvalue weighted by atomic mass is 16.5. The minimum absolute atomic E-state index is 0.0648. The number of hydrogen-bond acceptors (Lipinski definition) is 4. The summed E-state index contributed by atoms with van der Waals surface area (Å²) >= 11 is 0. The van der Waals surface area contributed by atoms with Crippen molar-refractivity contribution in [1.82, 2.24) is 10.2 Å². The summed E-state index contributed by atoms with van der Waals surface area (Å²) in [5.41, 5.74) is 5.50. The Morgan fingerprint density at radius 3 is 2.87 bits per heavy atom. The molecule has 0 aromatic heterocycles. The maximum atomic E-state index is 11.5. The van der Waals surface area contributed by atoms with Gasteiger partial charge in [-0.05, 0) is 19.4 Å². The number of methoxy groups -OCH3 is 1. The summed E-state index contributed by atoms with van der Waals surface area (Å²) in [5.74, 6) is 0.643. The fourth-order valence-corrected chi connectivity index (χ4v) is 1.77. The van der Waals surface area contributed by atoms with Gasteiger partial charge in [0.15, 0.2) is 0 Å². The van der Waals surface area contributed by atoms with E-state index in [0.717, 1.165) is 19.6 Å². The molecule has 1 unspecified atom stereocenters. The van der Waals surface area contributed by atoms with Gasteiger partial charge in [0.25, 0.3) is 0 Å². The Morgan fingerprint density at radius 1 is 1.67 bits per heavy atom. The van der Waals surface area contributed by atoms with Crippen molar-refractivity contribution in [2.75, 3.05) is 39.9 Å². The first-order valence-corrected chi connectivity index (χ1v) is 5.36. The Balaban J connectivity index is 2.09. The van der Waals surface area contributed by atoms with E-state index in [1.807, 2.05) is 6.92 Å². The Kier molecular flexibility index (Phi) is 5.01. The lowest BCUT2D eigenvalue weighted by Crippen LogP contribution is -2.54. The zero-order valence-electron chi connectivity index (χ0n) is 9.53. The number of nitrogens with one attached hydrogen (secondary N) is 1. The van der Waals surface area contributed by atoms with Gasteiger partial charge in [0.2, 0.25) is 5.91 Å². The van der Waals surface area contributed by atoms with Crippen molar-refractivity contribution in [3.63, 3.8) is 0 Å². The van der Waals surface area contributed by atoms with Crippen LogP contribution in [-0.2, 0) is 9.53 Å². The fraction of sp³-hybridized carbons (Fsp3) is 0.900. The summed E-state index contributed by atoms with van der Waals surface area (Å²) in [6, 6.07) is 0.0779. The van der Waals surface area contributed by atoms with Crippen LogP contribution in [0.2, 0.25) is 0 Å². The van der Waals surface area contributed by atoms with Crippen molar-refractivity contribution in [3.05, 3.63) is 0 Å². The van der Waals surface area contributed by atoms with Gasteiger partial charge in [0.05, 0.1) is 13.2 Å². The van der Waals surface area contributed by atoms with E-state index in [1.54, 1.807) is 7.11 Å². The molecule has 15 heavy (non-hydrogen) atoms. The molecule has 0 saturated carbocycles.